The fourth-order valence-corrected chi connectivity index (χ4v) is 5.34. The highest BCUT2D eigenvalue weighted by molar-refractivity contribution is 6.00. The van der Waals surface area contributed by atoms with E-state index in [-0.39, 0.29) is 24.7 Å². The highest BCUT2D eigenvalue weighted by Crippen LogP contribution is 2.32. The van der Waals surface area contributed by atoms with E-state index in [2.05, 4.69) is 36.3 Å². The number of urea groups is 1. The van der Waals surface area contributed by atoms with Crippen LogP contribution in [0.15, 0.2) is 66.9 Å². The average Bonchev–Trinajstić information content (AvgIpc) is 3.35. The van der Waals surface area contributed by atoms with Gasteiger partial charge in [-0.05, 0) is 72.5 Å². The van der Waals surface area contributed by atoms with Crippen LogP contribution >= 0.6 is 0 Å². The van der Waals surface area contributed by atoms with Gasteiger partial charge in [0.15, 0.2) is 11.5 Å². The summed E-state index contributed by atoms with van der Waals surface area (Å²) in [7, 11) is 1.68. The number of rotatable bonds is 6. The van der Waals surface area contributed by atoms with Gasteiger partial charge in [-0.2, -0.15) is 36.4 Å². The lowest BCUT2D eigenvalue weighted by molar-refractivity contribution is -0.186. The molecule has 3 amide bonds. The maximum Gasteiger partial charge on any atom is 0.471 e. The first-order chi connectivity index (χ1) is 23.1. The molecule has 3 aromatic carbocycles. The molecular formula is C32H27F6N9O2. The third kappa shape index (κ3) is 7.34. The second kappa shape index (κ2) is 12.6. The smallest absolute Gasteiger partial charge is 0.338 e. The van der Waals surface area contributed by atoms with Gasteiger partial charge in [0, 0.05) is 49.1 Å². The molecule has 0 fully saturated rings. The zero-order valence-corrected chi connectivity index (χ0v) is 25.8. The zero-order valence-electron chi connectivity index (χ0n) is 25.8. The molecule has 1 aliphatic heterocycles. The molecule has 17 heteroatoms. The Morgan fingerprint density at radius 3 is 2.33 bits per heavy atom. The summed E-state index contributed by atoms with van der Waals surface area (Å²) < 4.78 is 79.6. The van der Waals surface area contributed by atoms with Crippen molar-refractivity contribution in [1.29, 1.82) is 0 Å². The number of alkyl halides is 6. The van der Waals surface area contributed by atoms with Crippen LogP contribution in [-0.2, 0) is 31.0 Å². The molecule has 49 heavy (non-hydrogen) atoms. The molecule has 6 rings (SSSR count). The average molecular weight is 684 g/mol. The van der Waals surface area contributed by atoms with Crippen molar-refractivity contribution in [3.63, 3.8) is 0 Å². The molecule has 0 saturated heterocycles. The molecule has 0 bridgehead atoms. The van der Waals surface area contributed by atoms with Crippen LogP contribution < -0.4 is 21.3 Å². The van der Waals surface area contributed by atoms with Gasteiger partial charge in [0.1, 0.15) is 0 Å². The van der Waals surface area contributed by atoms with Gasteiger partial charge in [0.2, 0.25) is 5.95 Å². The monoisotopic (exact) mass is 683 g/mol. The van der Waals surface area contributed by atoms with Crippen LogP contribution in [0, 0.1) is 6.92 Å². The Labute approximate surface area is 274 Å². The van der Waals surface area contributed by atoms with E-state index < -0.39 is 29.9 Å². The van der Waals surface area contributed by atoms with Crippen molar-refractivity contribution in [3.8, 4) is 0 Å². The number of fused-ring (bicyclic) bond motifs is 2. The Hall–Kier alpha value is -5.87. The number of amides is 3. The van der Waals surface area contributed by atoms with Gasteiger partial charge in [0.25, 0.3) is 0 Å². The third-order valence-corrected chi connectivity index (χ3v) is 7.78. The molecule has 0 saturated carbocycles. The van der Waals surface area contributed by atoms with E-state index in [0.717, 1.165) is 28.2 Å². The minimum Gasteiger partial charge on any atom is -0.338 e. The van der Waals surface area contributed by atoms with E-state index >= 15 is 0 Å². The summed E-state index contributed by atoms with van der Waals surface area (Å²) in [5.74, 6) is -1.26. The molecule has 4 N–H and O–H groups in total. The summed E-state index contributed by atoms with van der Waals surface area (Å²) in [5, 5.41) is 16.3. The van der Waals surface area contributed by atoms with Crippen LogP contribution in [0.4, 0.5) is 65.7 Å². The molecule has 0 radical (unpaired) electrons. The van der Waals surface area contributed by atoms with Crippen LogP contribution in [-0.4, -0.2) is 49.3 Å². The topological polar surface area (TPSA) is 129 Å². The Kier molecular flexibility index (Phi) is 8.52. The van der Waals surface area contributed by atoms with Crippen molar-refractivity contribution in [2.24, 2.45) is 7.05 Å². The lowest BCUT2D eigenvalue weighted by Crippen LogP contribution is -2.43. The van der Waals surface area contributed by atoms with Crippen molar-refractivity contribution in [2.45, 2.75) is 32.2 Å². The van der Waals surface area contributed by atoms with Gasteiger partial charge in [0.05, 0.1) is 10.9 Å². The summed E-state index contributed by atoms with van der Waals surface area (Å²) in [6.45, 7) is 1.64. The van der Waals surface area contributed by atoms with Crippen molar-refractivity contribution in [1.82, 2.24) is 24.6 Å². The normalized spacial score (nSPS) is 13.2. The van der Waals surface area contributed by atoms with Crippen LogP contribution in [0.2, 0.25) is 0 Å². The molecule has 3 heterocycles. The minimum absolute atomic E-state index is 0.0201. The maximum atomic E-state index is 13.0. The first kappa shape index (κ1) is 33.0. The first-order valence-electron chi connectivity index (χ1n) is 14.7. The summed E-state index contributed by atoms with van der Waals surface area (Å²) in [5.41, 5.74) is 3.22. The van der Waals surface area contributed by atoms with Crippen LogP contribution in [0.3, 0.4) is 0 Å². The molecule has 0 aliphatic carbocycles. The first-order valence-corrected chi connectivity index (χ1v) is 14.7. The summed E-state index contributed by atoms with van der Waals surface area (Å²) >= 11 is 0. The number of aromatic nitrogens is 4. The van der Waals surface area contributed by atoms with Crippen LogP contribution in [0.25, 0.3) is 11.0 Å². The van der Waals surface area contributed by atoms with Crippen molar-refractivity contribution in [3.05, 3.63) is 89.1 Å². The van der Waals surface area contributed by atoms with E-state index in [0.29, 0.717) is 45.9 Å². The largest absolute Gasteiger partial charge is 0.471 e. The number of hydrogen-bond donors (Lipinski definition) is 4. The summed E-state index contributed by atoms with van der Waals surface area (Å²) in [6, 6.07) is 13.8. The van der Waals surface area contributed by atoms with E-state index in [1.165, 1.54) is 16.8 Å². The molecule has 1 aliphatic rings. The lowest BCUT2D eigenvalue weighted by Gasteiger charge is -2.29. The van der Waals surface area contributed by atoms with Crippen molar-refractivity contribution >= 4 is 57.5 Å². The molecule has 254 valence electrons. The zero-order chi connectivity index (χ0) is 35.1. The highest BCUT2D eigenvalue weighted by Gasteiger charge is 2.43. The minimum atomic E-state index is -4.94. The summed E-state index contributed by atoms with van der Waals surface area (Å²) in [4.78, 5) is 34.0. The standard InChI is InChI=1S/C32H27F6N9O2/c1-17-6-8-23(42-30(49)41-21-5-3-4-20(13-21)31(33,34)35)14-25(17)43-26-24-15-39-29(44-27(24)46(2)45-26)40-22-9-7-18-10-11-47(16-19(18)12-22)28(48)32(36,37)38/h3-9,12-15H,10-11,16H2,1-2H3,(H,43,45)(H,39,40,44)(H2,41,42,49). The van der Waals surface area contributed by atoms with E-state index in [9.17, 15) is 35.9 Å². The highest BCUT2D eigenvalue weighted by atomic mass is 19.4. The summed E-state index contributed by atoms with van der Waals surface area (Å²) in [6.07, 6.45) is -7.65. The molecule has 0 spiro atoms. The number of carbonyl (C=O) groups is 2. The molecule has 5 aromatic rings. The van der Waals surface area contributed by atoms with Gasteiger partial charge in [-0.25, -0.2) is 14.5 Å². The maximum absolute atomic E-state index is 13.0. The van der Waals surface area contributed by atoms with E-state index in [4.69, 9.17) is 0 Å². The van der Waals surface area contributed by atoms with E-state index in [1.54, 1.807) is 49.6 Å². The predicted molar refractivity (Wildman–Crippen MR) is 170 cm³/mol. The van der Waals surface area contributed by atoms with Gasteiger partial charge >= 0.3 is 24.3 Å². The second-order valence-corrected chi connectivity index (χ2v) is 11.3. The quantitative estimate of drug-likeness (QED) is 0.139. The van der Waals surface area contributed by atoms with Crippen LogP contribution in [0.1, 0.15) is 22.3 Å². The van der Waals surface area contributed by atoms with Gasteiger partial charge < -0.3 is 26.2 Å². The van der Waals surface area contributed by atoms with Gasteiger partial charge in [-0.3, -0.25) is 4.79 Å². The van der Waals surface area contributed by atoms with Gasteiger partial charge in [-0.15, -0.1) is 0 Å². The Morgan fingerprint density at radius 2 is 1.59 bits per heavy atom. The third-order valence-electron chi connectivity index (χ3n) is 7.78. The number of benzene rings is 3. The number of carbonyl (C=O) groups excluding carboxylic acids is 2. The second-order valence-electron chi connectivity index (χ2n) is 11.3. The molecule has 2 aromatic heterocycles. The van der Waals surface area contributed by atoms with Crippen LogP contribution in [0.5, 0.6) is 0 Å². The van der Waals surface area contributed by atoms with Crippen molar-refractivity contribution in [2.75, 3.05) is 27.8 Å². The lowest BCUT2D eigenvalue weighted by atomic mass is 9.99. The van der Waals surface area contributed by atoms with E-state index in [1.807, 2.05) is 6.92 Å². The number of nitrogens with zero attached hydrogens (tertiary/aromatic N) is 5. The SMILES string of the molecule is Cc1ccc(NC(=O)Nc2cccc(C(F)(F)F)c2)cc1Nc1nn(C)c2nc(Nc3ccc4c(c3)CN(C(=O)C(F)(F)F)CC4)ncc12. The fraction of sp³-hybridized carbons (Fsp3) is 0.219. The number of halogens is 6. The Morgan fingerprint density at radius 1 is 0.857 bits per heavy atom. The fourth-order valence-electron chi connectivity index (χ4n) is 5.34. The molecular weight excluding hydrogens is 656 g/mol. The molecule has 11 nitrogen and oxygen atoms in total. The Bertz CT molecular complexity index is 2080. The predicted octanol–water partition coefficient (Wildman–Crippen LogP) is 7.27. The molecule has 0 atom stereocenters. The van der Waals surface area contributed by atoms with Crippen molar-refractivity contribution < 1.29 is 35.9 Å². The number of hydrogen-bond acceptors (Lipinski definition) is 7. The molecule has 0 unspecified atom stereocenters. The Balaban J connectivity index is 1.15. The number of aryl methyl sites for hydroxylation is 2. The number of nitrogens with one attached hydrogen (secondary N) is 4. The number of anilines is 6. The van der Waals surface area contributed by atoms with Gasteiger partial charge in [-0.1, -0.05) is 18.2 Å².